The summed E-state index contributed by atoms with van der Waals surface area (Å²) in [5, 5.41) is 2.70. The van der Waals surface area contributed by atoms with Crippen LogP contribution in [0, 0.1) is 12.8 Å². The highest BCUT2D eigenvalue weighted by Gasteiger charge is 2.27. The lowest BCUT2D eigenvalue weighted by Gasteiger charge is -2.28. The number of thioether (sulfide) groups is 1. The van der Waals surface area contributed by atoms with Crippen LogP contribution < -0.4 is 9.47 Å². The van der Waals surface area contributed by atoms with Gasteiger partial charge in [-0.25, -0.2) is 0 Å². The van der Waals surface area contributed by atoms with Gasteiger partial charge in [-0.3, -0.25) is 0 Å². The molecule has 1 atom stereocenters. The molecule has 1 aromatic heterocycles. The number of aromatic nitrogens is 1. The summed E-state index contributed by atoms with van der Waals surface area (Å²) in [7, 11) is 1.73. The summed E-state index contributed by atoms with van der Waals surface area (Å²) in [6.07, 6.45) is 14.7. The Morgan fingerprint density at radius 3 is 2.76 bits per heavy atom. The van der Waals surface area contributed by atoms with E-state index in [4.69, 9.17) is 4.18 Å². The van der Waals surface area contributed by atoms with Gasteiger partial charge in [-0.05, 0) is 105 Å². The van der Waals surface area contributed by atoms with Gasteiger partial charge in [0.2, 0.25) is 5.52 Å². The molecular weight excluding hydrogens is 525 g/mol. The van der Waals surface area contributed by atoms with E-state index in [0.717, 1.165) is 24.4 Å². The van der Waals surface area contributed by atoms with Crippen LogP contribution in [0.4, 0.5) is 5.69 Å². The van der Waals surface area contributed by atoms with E-state index in [0.29, 0.717) is 5.92 Å². The number of hydrogen-bond acceptors (Lipinski definition) is 5. The van der Waals surface area contributed by atoms with Gasteiger partial charge < -0.3 is 9.08 Å². The predicted octanol–water partition coefficient (Wildman–Crippen LogP) is 9.08. The molecule has 6 heteroatoms. The zero-order chi connectivity index (χ0) is 26.2. The maximum atomic E-state index is 5.29. The van der Waals surface area contributed by atoms with E-state index in [1.165, 1.54) is 84.4 Å². The zero-order valence-corrected chi connectivity index (χ0v) is 25.1. The van der Waals surface area contributed by atoms with Crippen LogP contribution in [0.3, 0.4) is 0 Å². The number of hydrogen-bond donors (Lipinski definition) is 0. The number of anilines is 1. The van der Waals surface area contributed by atoms with Gasteiger partial charge in [-0.15, -0.1) is 0 Å². The second-order valence-corrected chi connectivity index (χ2v) is 13.3. The molecule has 0 saturated heterocycles. The Kier molecular flexibility index (Phi) is 7.59. The molecule has 1 aliphatic heterocycles. The van der Waals surface area contributed by atoms with E-state index in [-0.39, 0.29) is 0 Å². The Morgan fingerprint density at radius 2 is 1.95 bits per heavy atom. The van der Waals surface area contributed by atoms with Crippen LogP contribution in [-0.2, 0) is 10.7 Å². The van der Waals surface area contributed by atoms with Crippen molar-refractivity contribution in [3.63, 3.8) is 0 Å². The molecule has 0 spiro atoms. The molecule has 0 saturated carbocycles. The molecule has 2 heterocycles. The van der Waals surface area contributed by atoms with Gasteiger partial charge in [0.1, 0.15) is 11.2 Å². The molecule has 0 amide bonds. The first-order valence-electron chi connectivity index (χ1n) is 13.6. The fraction of sp³-hybridized carbons (Fsp3) is 0.344. The van der Waals surface area contributed by atoms with E-state index < -0.39 is 0 Å². The summed E-state index contributed by atoms with van der Waals surface area (Å²) in [6, 6.07) is 13.5. The number of nitrogens with zero attached hydrogens (tertiary/aromatic N) is 2. The third kappa shape index (κ3) is 5.04. The monoisotopic (exact) mass is 559 g/mol. The van der Waals surface area contributed by atoms with Crippen LogP contribution >= 0.6 is 35.1 Å². The highest BCUT2D eigenvalue weighted by Crippen LogP contribution is 2.47. The van der Waals surface area contributed by atoms with Gasteiger partial charge in [0.25, 0.3) is 5.01 Å². The minimum Gasteiger partial charge on any atom is -0.335 e. The van der Waals surface area contributed by atoms with Crippen molar-refractivity contribution in [1.82, 2.24) is 0 Å². The lowest BCUT2D eigenvalue weighted by Crippen LogP contribution is -2.33. The number of aryl methyl sites for hydroxylation is 2. The number of thiazole rings is 1. The molecule has 0 fully saturated rings. The first kappa shape index (κ1) is 26.0. The Hall–Kier alpha value is -2.25. The standard InChI is InChI=1S/C32H35N2OS3/c1-5-33-27-15-21(3)7-13-29(27)36-31(33)18-22-8-10-24-11-9-23(17-25(24)16-22)19-32-34(6-2)28-20-26(38-35-4)12-14-30(28)37-32/h7,12-20,24H,5-6,8-11H2,1-4H3/q+1. The first-order chi connectivity index (χ1) is 18.6. The molecule has 2 aliphatic carbocycles. The molecule has 0 bridgehead atoms. The van der Waals surface area contributed by atoms with Crippen molar-refractivity contribution in [3.8, 4) is 0 Å². The lowest BCUT2D eigenvalue weighted by atomic mass is 9.77. The topological polar surface area (TPSA) is 16.4 Å². The molecule has 196 valence electrons. The molecule has 38 heavy (non-hydrogen) atoms. The first-order valence-corrected chi connectivity index (χ1v) is 16.0. The van der Waals surface area contributed by atoms with Gasteiger partial charge in [0, 0.05) is 40.5 Å². The van der Waals surface area contributed by atoms with E-state index in [1.807, 2.05) is 23.1 Å². The average molecular weight is 560 g/mol. The maximum absolute atomic E-state index is 5.29. The molecule has 0 N–H and O–H groups in total. The lowest BCUT2D eigenvalue weighted by molar-refractivity contribution is -0.665. The molecule has 3 aromatic rings. The summed E-state index contributed by atoms with van der Waals surface area (Å²) in [4.78, 5) is 5.00. The van der Waals surface area contributed by atoms with E-state index in [2.05, 4.69) is 90.9 Å². The normalized spacial score (nSPS) is 21.2. The minimum atomic E-state index is 0.696. The molecule has 6 rings (SSSR count). The van der Waals surface area contributed by atoms with E-state index in [9.17, 15) is 0 Å². The number of allylic oxidation sites excluding steroid dienone is 6. The second kappa shape index (κ2) is 11.1. The van der Waals surface area contributed by atoms with Crippen LogP contribution in [0.25, 0.3) is 16.3 Å². The van der Waals surface area contributed by atoms with Crippen molar-refractivity contribution >= 4 is 57.1 Å². The molecular formula is C32H35N2OS3+. The Balaban J connectivity index is 1.30. The van der Waals surface area contributed by atoms with Crippen molar-refractivity contribution in [3.05, 3.63) is 86.9 Å². The SMILES string of the molecule is CCN1/C(=C/C2=CC3=C/C(=C/c4sc5ccc(SOC)cc5[n+]4CC)CCC3CC2)Sc2ccc(C)cc21. The van der Waals surface area contributed by atoms with E-state index >= 15 is 0 Å². The molecule has 3 aliphatic rings. The van der Waals surface area contributed by atoms with Crippen molar-refractivity contribution in [1.29, 1.82) is 0 Å². The van der Waals surface area contributed by atoms with Crippen LogP contribution in [0.1, 0.15) is 50.1 Å². The molecule has 3 nitrogen and oxygen atoms in total. The van der Waals surface area contributed by atoms with Crippen LogP contribution in [0.2, 0.25) is 0 Å². The number of fused-ring (bicyclic) bond motifs is 3. The quantitative estimate of drug-likeness (QED) is 0.221. The van der Waals surface area contributed by atoms with Gasteiger partial charge >= 0.3 is 0 Å². The minimum absolute atomic E-state index is 0.696. The predicted molar refractivity (Wildman–Crippen MR) is 165 cm³/mol. The number of rotatable bonds is 6. The molecule has 0 radical (unpaired) electrons. The third-order valence-corrected chi connectivity index (χ3v) is 10.6. The van der Waals surface area contributed by atoms with Crippen LogP contribution in [-0.4, -0.2) is 13.7 Å². The fourth-order valence-corrected chi connectivity index (χ4v) is 8.70. The maximum Gasteiger partial charge on any atom is 0.263 e. The van der Waals surface area contributed by atoms with Crippen LogP contribution in [0.5, 0.6) is 0 Å². The Morgan fingerprint density at radius 1 is 1.08 bits per heavy atom. The van der Waals surface area contributed by atoms with E-state index in [1.54, 1.807) is 7.11 Å². The Bertz CT molecular complexity index is 1510. The average Bonchev–Trinajstić information content (AvgIpc) is 3.44. The summed E-state index contributed by atoms with van der Waals surface area (Å²) >= 11 is 5.24. The Labute approximate surface area is 239 Å². The fourth-order valence-electron chi connectivity index (χ4n) is 5.86. The van der Waals surface area contributed by atoms with Gasteiger partial charge in [-0.2, -0.15) is 4.57 Å². The zero-order valence-electron chi connectivity index (χ0n) is 22.6. The second-order valence-electron chi connectivity index (χ2n) is 10.2. The summed E-state index contributed by atoms with van der Waals surface area (Å²) in [5.41, 5.74) is 8.42. The summed E-state index contributed by atoms with van der Waals surface area (Å²) in [5.74, 6) is 0.696. The van der Waals surface area contributed by atoms with Crippen molar-refractivity contribution in [2.45, 2.75) is 62.8 Å². The highest BCUT2D eigenvalue weighted by molar-refractivity contribution is 8.03. The largest absolute Gasteiger partial charge is 0.335 e. The number of benzene rings is 2. The third-order valence-electron chi connectivity index (χ3n) is 7.76. The van der Waals surface area contributed by atoms with Crippen molar-refractivity contribution < 1.29 is 8.75 Å². The smallest absolute Gasteiger partial charge is 0.263 e. The summed E-state index contributed by atoms with van der Waals surface area (Å²) < 4.78 is 9.07. The van der Waals surface area contributed by atoms with Crippen molar-refractivity contribution in [2.24, 2.45) is 5.92 Å². The molecule has 2 aromatic carbocycles. The van der Waals surface area contributed by atoms with Gasteiger partial charge in [-0.1, -0.05) is 41.3 Å². The summed E-state index contributed by atoms with van der Waals surface area (Å²) in [6.45, 7) is 8.64. The van der Waals surface area contributed by atoms with Crippen molar-refractivity contribution in [2.75, 3.05) is 18.6 Å². The van der Waals surface area contributed by atoms with Gasteiger partial charge in [0.15, 0.2) is 0 Å². The van der Waals surface area contributed by atoms with Crippen LogP contribution in [0.15, 0.2) is 86.2 Å². The molecule has 1 unspecified atom stereocenters. The van der Waals surface area contributed by atoms with Gasteiger partial charge in [0.05, 0.1) is 17.8 Å². The highest BCUT2D eigenvalue weighted by atomic mass is 32.2.